The molecule has 1 aliphatic heterocycles. The van der Waals surface area contributed by atoms with Gasteiger partial charge in [0.15, 0.2) is 11.6 Å². The monoisotopic (exact) mass is 529 g/mol. The average Bonchev–Trinajstić information content (AvgIpc) is 2.75. The number of aliphatic imine (C=N–C) groups is 1. The normalized spacial score (nSPS) is 23.9. The van der Waals surface area contributed by atoms with Crippen LogP contribution in [0.4, 0.5) is 11.4 Å². The van der Waals surface area contributed by atoms with E-state index in [1.54, 1.807) is 12.1 Å². The molecule has 0 fully saturated rings. The van der Waals surface area contributed by atoms with Crippen molar-refractivity contribution in [1.82, 2.24) is 0 Å². The molecule has 0 amide bonds. The summed E-state index contributed by atoms with van der Waals surface area (Å²) in [6.45, 7) is 8.21. The first kappa shape index (κ1) is 26.1. The Labute approximate surface area is 212 Å². The summed E-state index contributed by atoms with van der Waals surface area (Å²) in [5.41, 5.74) is 0.816. The molecule has 1 aliphatic carbocycles. The fraction of sp³-hybridized carbons (Fsp3) is 0.385. The van der Waals surface area contributed by atoms with E-state index < -0.39 is 25.2 Å². The predicted molar refractivity (Wildman–Crippen MR) is 144 cm³/mol. The molecule has 8 nitrogen and oxygen atoms in total. The topological polar surface area (TPSA) is 125 Å². The van der Waals surface area contributed by atoms with Gasteiger partial charge in [-0.05, 0) is 48.9 Å². The van der Waals surface area contributed by atoms with Gasteiger partial charge in [0.1, 0.15) is 11.3 Å². The maximum atomic E-state index is 14.0. The first-order valence-electron chi connectivity index (χ1n) is 11.5. The Morgan fingerprint density at radius 1 is 1.14 bits per heavy atom. The van der Waals surface area contributed by atoms with Gasteiger partial charge in [-0.2, -0.15) is 4.36 Å². The molecular formula is C26H31N3O5S2. The summed E-state index contributed by atoms with van der Waals surface area (Å²) in [4.78, 5) is 18.8. The molecule has 0 radical (unpaired) electrons. The smallest absolute Gasteiger partial charge is 0.229 e. The number of Topliss-reactive ketones (excluding diaryl/α,β-unsaturated/α-hetero) is 1. The fourth-order valence-corrected chi connectivity index (χ4v) is 6.49. The van der Waals surface area contributed by atoms with E-state index in [2.05, 4.69) is 34.8 Å². The lowest BCUT2D eigenvalue weighted by molar-refractivity contribution is -0.120. The molecule has 2 N–H and O–H groups in total. The Kier molecular flexibility index (Phi) is 6.20. The van der Waals surface area contributed by atoms with Crippen LogP contribution in [0.2, 0.25) is 0 Å². The third-order valence-electron chi connectivity index (χ3n) is 6.50. The van der Waals surface area contributed by atoms with Gasteiger partial charge >= 0.3 is 0 Å². The summed E-state index contributed by atoms with van der Waals surface area (Å²) < 4.78 is 43.6. The summed E-state index contributed by atoms with van der Waals surface area (Å²) in [6, 6.07) is 11.7. The maximum absolute atomic E-state index is 14.0. The van der Waals surface area contributed by atoms with Crippen LogP contribution in [0, 0.1) is 5.41 Å². The van der Waals surface area contributed by atoms with Gasteiger partial charge in [-0.3, -0.25) is 9.52 Å². The summed E-state index contributed by atoms with van der Waals surface area (Å²) in [5, 5.41) is 11.2. The second-order valence-corrected chi connectivity index (χ2v) is 14.9. The van der Waals surface area contributed by atoms with E-state index >= 15 is 0 Å². The number of hydrogen-bond acceptors (Lipinski definition) is 7. The second kappa shape index (κ2) is 8.55. The fourth-order valence-electron chi connectivity index (χ4n) is 4.53. The SMILES string of the molecule is CC(C)(C)CC[C@@]1(C)C(=O)C(C2=Nc3ccc(NS(C)(=O)=O)cc3S(C)(=O)=N2)=C(O)c2ccccc21. The van der Waals surface area contributed by atoms with Gasteiger partial charge in [-0.1, -0.05) is 45.0 Å². The molecule has 2 aromatic carbocycles. The van der Waals surface area contributed by atoms with Crippen LogP contribution in [0.1, 0.15) is 51.7 Å². The van der Waals surface area contributed by atoms with Crippen molar-refractivity contribution in [3.63, 3.8) is 0 Å². The number of hydrogen-bond donors (Lipinski definition) is 2. The number of aliphatic hydroxyl groups is 1. The Morgan fingerprint density at radius 3 is 2.44 bits per heavy atom. The van der Waals surface area contributed by atoms with E-state index in [4.69, 9.17) is 0 Å². The van der Waals surface area contributed by atoms with E-state index in [9.17, 15) is 22.5 Å². The largest absolute Gasteiger partial charge is 0.506 e. The number of nitrogens with zero attached hydrogens (tertiary/aromatic N) is 2. The minimum atomic E-state index is -3.54. The van der Waals surface area contributed by atoms with Gasteiger partial charge in [-0.15, -0.1) is 0 Å². The highest BCUT2D eigenvalue weighted by Crippen LogP contribution is 2.45. The van der Waals surface area contributed by atoms with Gasteiger partial charge in [-0.25, -0.2) is 17.6 Å². The van der Waals surface area contributed by atoms with Crippen LogP contribution in [0.5, 0.6) is 0 Å². The molecular weight excluding hydrogens is 498 g/mol. The molecule has 2 aliphatic rings. The van der Waals surface area contributed by atoms with Crippen molar-refractivity contribution in [2.45, 2.75) is 50.8 Å². The summed E-state index contributed by atoms with van der Waals surface area (Å²) >= 11 is 0. The van der Waals surface area contributed by atoms with E-state index in [0.717, 1.165) is 18.2 Å². The second-order valence-electron chi connectivity index (χ2n) is 10.9. The van der Waals surface area contributed by atoms with Crippen molar-refractivity contribution < 1.29 is 22.5 Å². The highest BCUT2D eigenvalue weighted by atomic mass is 32.2. The lowest BCUT2D eigenvalue weighted by Gasteiger charge is -2.37. The summed E-state index contributed by atoms with van der Waals surface area (Å²) in [7, 11) is -6.64. The number of carbonyl (C=O) groups excluding carboxylic acids is 1. The maximum Gasteiger partial charge on any atom is 0.229 e. The first-order chi connectivity index (χ1) is 16.5. The first-order valence-corrected chi connectivity index (χ1v) is 15.3. The molecule has 0 spiro atoms. The van der Waals surface area contributed by atoms with Crippen molar-refractivity contribution in [1.29, 1.82) is 0 Å². The zero-order chi connectivity index (χ0) is 26.7. The van der Waals surface area contributed by atoms with Crippen molar-refractivity contribution >= 4 is 48.5 Å². The number of fused-ring (bicyclic) bond motifs is 2. The van der Waals surface area contributed by atoms with E-state index in [1.165, 1.54) is 24.5 Å². The number of anilines is 1. The van der Waals surface area contributed by atoms with Crippen LogP contribution >= 0.6 is 0 Å². The molecule has 0 bridgehead atoms. The molecule has 36 heavy (non-hydrogen) atoms. The molecule has 0 saturated carbocycles. The van der Waals surface area contributed by atoms with E-state index in [-0.39, 0.29) is 38.9 Å². The number of ketones is 1. The number of amidine groups is 1. The van der Waals surface area contributed by atoms with Gasteiger partial charge < -0.3 is 5.11 Å². The molecule has 192 valence electrons. The number of benzene rings is 2. The molecule has 4 rings (SSSR count). The summed E-state index contributed by atoms with van der Waals surface area (Å²) in [6.07, 6.45) is 3.75. The molecule has 0 saturated heterocycles. The number of rotatable bonds is 5. The molecule has 2 aromatic rings. The Bertz CT molecular complexity index is 1570. The lowest BCUT2D eigenvalue weighted by Crippen LogP contribution is -2.41. The molecule has 10 heteroatoms. The zero-order valence-corrected chi connectivity index (χ0v) is 22.9. The minimum Gasteiger partial charge on any atom is -0.506 e. The Balaban J connectivity index is 1.89. The Hall–Kier alpha value is -2.98. The van der Waals surface area contributed by atoms with Gasteiger partial charge in [0.2, 0.25) is 10.0 Å². The van der Waals surface area contributed by atoms with Crippen LogP contribution in [0.25, 0.3) is 5.76 Å². The van der Waals surface area contributed by atoms with Gasteiger partial charge in [0.25, 0.3) is 0 Å². The number of sulfonamides is 1. The zero-order valence-electron chi connectivity index (χ0n) is 21.2. The minimum absolute atomic E-state index is 0.0112. The highest BCUT2D eigenvalue weighted by molar-refractivity contribution is 7.93. The van der Waals surface area contributed by atoms with E-state index in [1.807, 2.05) is 19.1 Å². The van der Waals surface area contributed by atoms with Crippen molar-refractivity contribution in [3.8, 4) is 0 Å². The molecule has 1 unspecified atom stereocenters. The quantitative estimate of drug-likeness (QED) is 0.551. The van der Waals surface area contributed by atoms with Crippen LogP contribution in [-0.4, -0.2) is 41.9 Å². The number of nitrogens with one attached hydrogen (secondary N) is 1. The van der Waals surface area contributed by atoms with Crippen LogP contribution in [0.15, 0.2) is 62.3 Å². The standard InChI is InChI=1S/C26H31N3O5S2/c1-25(2,3)13-14-26(4)18-10-8-7-9-17(18)22(30)21(23(26)31)24-27-19-12-11-16(28-36(6,33)34)15-20(19)35(5,32)29-24/h7-12,15,28,30H,13-14H2,1-6H3/t26-,35?/m1/s1. The van der Waals surface area contributed by atoms with Crippen LogP contribution in [0.3, 0.4) is 0 Å². The Morgan fingerprint density at radius 2 is 1.81 bits per heavy atom. The highest BCUT2D eigenvalue weighted by Gasteiger charge is 2.46. The molecule has 2 atom stereocenters. The third kappa shape index (κ3) is 4.84. The summed E-state index contributed by atoms with van der Waals surface area (Å²) in [5.74, 6) is -0.641. The van der Waals surface area contributed by atoms with Crippen molar-refractivity contribution in [2.75, 3.05) is 17.2 Å². The third-order valence-corrected chi connectivity index (χ3v) is 8.77. The molecule has 0 aromatic heterocycles. The van der Waals surface area contributed by atoms with E-state index in [0.29, 0.717) is 17.7 Å². The van der Waals surface area contributed by atoms with Gasteiger partial charge in [0, 0.05) is 17.5 Å². The number of aliphatic hydroxyl groups excluding tert-OH is 1. The lowest BCUT2D eigenvalue weighted by atomic mass is 9.65. The average molecular weight is 530 g/mol. The van der Waals surface area contributed by atoms with Crippen molar-refractivity contribution in [2.24, 2.45) is 14.8 Å². The van der Waals surface area contributed by atoms with Gasteiger partial charge in [0.05, 0.1) is 32.0 Å². The number of carbonyl (C=O) groups is 1. The predicted octanol–water partition coefficient (Wildman–Crippen LogP) is 5.19. The molecule has 1 heterocycles. The van der Waals surface area contributed by atoms with Crippen molar-refractivity contribution in [3.05, 3.63) is 59.2 Å². The van der Waals surface area contributed by atoms with Crippen LogP contribution in [-0.2, 0) is 30.0 Å². The van der Waals surface area contributed by atoms with Crippen LogP contribution < -0.4 is 4.72 Å².